The molecule has 2 heterocycles. The molecule has 2 fully saturated rings. The molecule has 3 aromatic rings. The van der Waals surface area contributed by atoms with Crippen molar-refractivity contribution in [1.82, 2.24) is 4.90 Å². The van der Waals surface area contributed by atoms with Gasteiger partial charge in [-0.15, -0.1) is 0 Å². The van der Waals surface area contributed by atoms with E-state index in [4.69, 9.17) is 0 Å². The first-order valence-corrected chi connectivity index (χ1v) is 14.8. The number of fused-ring (bicyclic) bond motifs is 2. The molecule has 0 radical (unpaired) electrons. The lowest BCUT2D eigenvalue weighted by molar-refractivity contribution is -0.130. The monoisotopic (exact) mass is 565 g/mol. The van der Waals surface area contributed by atoms with Crippen LogP contribution in [0.15, 0.2) is 71.6 Å². The third kappa shape index (κ3) is 4.34. The molecule has 10 heteroatoms. The molecule has 2 aliphatic heterocycles. The number of piperidine rings is 1. The maximum atomic E-state index is 14.3. The van der Waals surface area contributed by atoms with Crippen LogP contribution in [0.25, 0.3) is 0 Å². The van der Waals surface area contributed by atoms with Crippen molar-refractivity contribution in [2.24, 2.45) is 5.92 Å². The minimum atomic E-state index is -4.06. The Kier molecular flexibility index (Phi) is 6.40. The fourth-order valence-electron chi connectivity index (χ4n) is 6.42. The number of carbonyl (C=O) groups excluding carboxylic acids is 2. The molecule has 1 unspecified atom stereocenters. The summed E-state index contributed by atoms with van der Waals surface area (Å²) in [5, 5.41) is 2.78. The van der Waals surface area contributed by atoms with Gasteiger partial charge in [0.1, 0.15) is 11.6 Å². The number of benzene rings is 3. The number of hydrogen-bond donors (Lipinski definition) is 1. The molecule has 1 atom stereocenters. The van der Waals surface area contributed by atoms with Crippen molar-refractivity contribution in [3.63, 3.8) is 0 Å². The van der Waals surface area contributed by atoms with Gasteiger partial charge in [-0.1, -0.05) is 12.1 Å². The molecule has 7 nitrogen and oxygen atoms in total. The van der Waals surface area contributed by atoms with Gasteiger partial charge in [0.05, 0.1) is 22.2 Å². The van der Waals surface area contributed by atoms with Crippen LogP contribution in [0.5, 0.6) is 0 Å². The van der Waals surface area contributed by atoms with Crippen molar-refractivity contribution in [1.29, 1.82) is 0 Å². The molecule has 1 saturated carbocycles. The van der Waals surface area contributed by atoms with Gasteiger partial charge in [0.15, 0.2) is 0 Å². The van der Waals surface area contributed by atoms with E-state index in [2.05, 4.69) is 5.32 Å². The Morgan fingerprint density at radius 2 is 1.62 bits per heavy atom. The van der Waals surface area contributed by atoms with Crippen LogP contribution in [0, 0.1) is 17.6 Å². The molecule has 208 valence electrons. The number of sulfonamides is 1. The van der Waals surface area contributed by atoms with E-state index in [1.165, 1.54) is 41.6 Å². The second-order valence-electron chi connectivity index (χ2n) is 10.9. The zero-order valence-electron chi connectivity index (χ0n) is 21.9. The molecule has 40 heavy (non-hydrogen) atoms. The topological polar surface area (TPSA) is 86.8 Å². The zero-order chi connectivity index (χ0) is 28.2. The van der Waals surface area contributed by atoms with Crippen LogP contribution in [0.1, 0.15) is 48.5 Å². The third-order valence-electron chi connectivity index (χ3n) is 8.51. The normalized spacial score (nSPS) is 19.9. The first-order valence-electron chi connectivity index (χ1n) is 13.4. The number of rotatable bonds is 5. The smallest absolute Gasteiger partial charge is 0.264 e. The average Bonchev–Trinajstić information content (AvgIpc) is 3.73. The van der Waals surface area contributed by atoms with Gasteiger partial charge in [0, 0.05) is 31.1 Å². The molecular formula is C30H29F2N3O4S. The van der Waals surface area contributed by atoms with Crippen LogP contribution in [0.2, 0.25) is 0 Å². The molecule has 0 aromatic heterocycles. The highest BCUT2D eigenvalue weighted by Crippen LogP contribution is 2.59. The molecule has 1 spiro atoms. The summed E-state index contributed by atoms with van der Waals surface area (Å²) < 4.78 is 57.8. The van der Waals surface area contributed by atoms with Crippen molar-refractivity contribution in [2.45, 2.75) is 49.0 Å². The Morgan fingerprint density at radius 1 is 0.950 bits per heavy atom. The number of likely N-dealkylation sites (tertiary alicyclic amines) is 1. The van der Waals surface area contributed by atoms with Gasteiger partial charge in [-0.2, -0.15) is 0 Å². The zero-order valence-corrected chi connectivity index (χ0v) is 22.8. The third-order valence-corrected chi connectivity index (χ3v) is 10.3. The molecule has 0 bridgehead atoms. The Balaban J connectivity index is 1.46. The van der Waals surface area contributed by atoms with Gasteiger partial charge in [-0.05, 0) is 91.8 Å². The van der Waals surface area contributed by atoms with E-state index in [0.717, 1.165) is 30.5 Å². The van der Waals surface area contributed by atoms with Crippen LogP contribution in [-0.4, -0.2) is 44.3 Å². The Hall–Kier alpha value is -3.79. The van der Waals surface area contributed by atoms with Crippen molar-refractivity contribution < 1.29 is 26.8 Å². The maximum Gasteiger partial charge on any atom is 0.264 e. The van der Waals surface area contributed by atoms with E-state index in [9.17, 15) is 26.8 Å². The van der Waals surface area contributed by atoms with E-state index in [1.54, 1.807) is 29.2 Å². The molecule has 1 saturated heterocycles. The summed E-state index contributed by atoms with van der Waals surface area (Å²) in [5.41, 5.74) is 1.04. The molecule has 3 aliphatic rings. The fraction of sp³-hybridized carbons (Fsp3) is 0.333. The highest BCUT2D eigenvalue weighted by atomic mass is 32.2. The van der Waals surface area contributed by atoms with E-state index < -0.39 is 33.0 Å². The summed E-state index contributed by atoms with van der Waals surface area (Å²) in [6.45, 7) is 2.49. The SMILES string of the molecule is CC(=O)N1CCC2(CC1)c1cc(NC(=O)c3ccccc3F)ccc1N(S(=O)(=O)c1ccc(F)cc1)C2C1CC1. The summed E-state index contributed by atoms with van der Waals surface area (Å²) >= 11 is 0. The first kappa shape index (κ1) is 26.4. The largest absolute Gasteiger partial charge is 0.343 e. The number of halogens is 2. The van der Waals surface area contributed by atoms with Gasteiger partial charge in [0.25, 0.3) is 15.9 Å². The summed E-state index contributed by atoms with van der Waals surface area (Å²) in [6, 6.07) is 15.3. The minimum absolute atomic E-state index is 0.000606. The van der Waals surface area contributed by atoms with Gasteiger partial charge >= 0.3 is 0 Å². The van der Waals surface area contributed by atoms with Crippen molar-refractivity contribution in [3.05, 3.63) is 89.5 Å². The predicted molar refractivity (Wildman–Crippen MR) is 147 cm³/mol. The standard InChI is InChI=1S/C30H29F2N3O4S/c1-19(36)34-16-14-30(15-17-34)25-18-22(33-29(37)24-4-2-3-5-26(24)32)10-13-27(25)35(28(30)20-6-7-20)40(38,39)23-11-8-21(31)9-12-23/h2-5,8-13,18,20,28H,6-7,14-17H2,1H3,(H,33,37). The summed E-state index contributed by atoms with van der Waals surface area (Å²) in [7, 11) is -4.06. The molecule has 2 amide bonds. The average molecular weight is 566 g/mol. The van der Waals surface area contributed by atoms with Crippen LogP contribution < -0.4 is 9.62 Å². The van der Waals surface area contributed by atoms with Crippen LogP contribution in [0.3, 0.4) is 0 Å². The van der Waals surface area contributed by atoms with E-state index >= 15 is 0 Å². The lowest BCUT2D eigenvalue weighted by Crippen LogP contribution is -2.54. The predicted octanol–water partition coefficient (Wildman–Crippen LogP) is 5.08. The lowest BCUT2D eigenvalue weighted by Gasteiger charge is -2.45. The molecular weight excluding hydrogens is 536 g/mol. The number of anilines is 2. The summed E-state index contributed by atoms with van der Waals surface area (Å²) in [5.74, 6) is -1.67. The quantitative estimate of drug-likeness (QED) is 0.467. The van der Waals surface area contributed by atoms with Crippen LogP contribution in [-0.2, 0) is 20.2 Å². The van der Waals surface area contributed by atoms with Crippen LogP contribution >= 0.6 is 0 Å². The second kappa shape index (κ2) is 9.69. The number of amides is 2. The molecule has 6 rings (SSSR count). The maximum absolute atomic E-state index is 14.3. The lowest BCUT2D eigenvalue weighted by atomic mass is 9.68. The molecule has 1 aliphatic carbocycles. The van der Waals surface area contributed by atoms with Gasteiger partial charge in [-0.25, -0.2) is 17.2 Å². The first-order chi connectivity index (χ1) is 19.1. The van der Waals surface area contributed by atoms with Crippen molar-refractivity contribution >= 4 is 33.2 Å². The summed E-state index contributed by atoms with van der Waals surface area (Å²) in [4.78, 5) is 26.8. The van der Waals surface area contributed by atoms with Gasteiger partial charge < -0.3 is 10.2 Å². The van der Waals surface area contributed by atoms with Gasteiger partial charge in [-0.3, -0.25) is 13.9 Å². The summed E-state index contributed by atoms with van der Waals surface area (Å²) in [6.07, 6.45) is 2.87. The highest BCUT2D eigenvalue weighted by Gasteiger charge is 2.60. The van der Waals surface area contributed by atoms with E-state index in [1.807, 2.05) is 0 Å². The van der Waals surface area contributed by atoms with Crippen LogP contribution in [0.4, 0.5) is 20.2 Å². The number of carbonyl (C=O) groups is 2. The highest BCUT2D eigenvalue weighted by molar-refractivity contribution is 7.92. The number of nitrogens with one attached hydrogen (secondary N) is 1. The Labute approximate surface area is 231 Å². The Morgan fingerprint density at radius 3 is 2.25 bits per heavy atom. The number of hydrogen-bond acceptors (Lipinski definition) is 4. The fourth-order valence-corrected chi connectivity index (χ4v) is 8.22. The van der Waals surface area contributed by atoms with E-state index in [-0.39, 0.29) is 28.3 Å². The molecule has 1 N–H and O–H groups in total. The minimum Gasteiger partial charge on any atom is -0.343 e. The van der Waals surface area contributed by atoms with Crippen molar-refractivity contribution in [2.75, 3.05) is 22.7 Å². The number of nitrogens with zero attached hydrogens (tertiary/aromatic N) is 2. The Bertz CT molecular complexity index is 1600. The van der Waals surface area contributed by atoms with Crippen molar-refractivity contribution in [3.8, 4) is 0 Å². The second-order valence-corrected chi connectivity index (χ2v) is 12.7. The molecule has 3 aromatic carbocycles. The van der Waals surface area contributed by atoms with Gasteiger partial charge in [0.2, 0.25) is 5.91 Å². The van der Waals surface area contributed by atoms with E-state index in [0.29, 0.717) is 37.3 Å².